The summed E-state index contributed by atoms with van der Waals surface area (Å²) < 4.78 is 5.25. The molecule has 3 heterocycles. The first-order valence-corrected chi connectivity index (χ1v) is 7.95. The quantitative estimate of drug-likeness (QED) is 0.935. The molecule has 112 valence electrons. The number of aliphatic carboxylic acids is 1. The summed E-state index contributed by atoms with van der Waals surface area (Å²) in [6.07, 6.45) is 3.73. The van der Waals surface area contributed by atoms with E-state index in [9.17, 15) is 9.90 Å². The normalized spacial score (nSPS) is 20.3. The molecule has 1 atom stereocenters. The van der Waals surface area contributed by atoms with Gasteiger partial charge in [-0.2, -0.15) is 4.98 Å². The molecule has 3 rings (SSSR count). The third-order valence-electron chi connectivity index (χ3n) is 3.69. The second-order valence-corrected chi connectivity index (χ2v) is 6.11. The number of thiophene rings is 1. The van der Waals surface area contributed by atoms with Crippen molar-refractivity contribution < 1.29 is 14.4 Å². The average molecular weight is 307 g/mol. The SMILES string of the molecule is O=C(O)C1CCCCCN1Cc1noc(-c2cccs2)n1. The van der Waals surface area contributed by atoms with Gasteiger partial charge >= 0.3 is 5.97 Å². The van der Waals surface area contributed by atoms with Crippen LogP contribution in [-0.4, -0.2) is 38.7 Å². The van der Waals surface area contributed by atoms with Gasteiger partial charge in [-0.05, 0) is 30.8 Å². The van der Waals surface area contributed by atoms with Gasteiger partial charge in [-0.3, -0.25) is 9.69 Å². The number of rotatable bonds is 4. The van der Waals surface area contributed by atoms with Gasteiger partial charge in [0.05, 0.1) is 11.4 Å². The van der Waals surface area contributed by atoms with E-state index in [0.717, 1.165) is 30.7 Å². The summed E-state index contributed by atoms with van der Waals surface area (Å²) in [6.45, 7) is 1.19. The van der Waals surface area contributed by atoms with Crippen molar-refractivity contribution in [1.82, 2.24) is 15.0 Å². The minimum atomic E-state index is -0.765. The fraction of sp³-hybridized carbons (Fsp3) is 0.500. The highest BCUT2D eigenvalue weighted by Gasteiger charge is 2.28. The van der Waals surface area contributed by atoms with Crippen LogP contribution in [0.5, 0.6) is 0 Å². The molecule has 2 aromatic rings. The maximum atomic E-state index is 11.4. The van der Waals surface area contributed by atoms with Crippen LogP contribution in [0.4, 0.5) is 0 Å². The van der Waals surface area contributed by atoms with Crippen molar-refractivity contribution in [3.05, 3.63) is 23.3 Å². The van der Waals surface area contributed by atoms with E-state index in [1.807, 2.05) is 22.4 Å². The Balaban J connectivity index is 1.73. The summed E-state index contributed by atoms with van der Waals surface area (Å²) in [6, 6.07) is 3.41. The maximum Gasteiger partial charge on any atom is 0.320 e. The van der Waals surface area contributed by atoms with Gasteiger partial charge in [0.1, 0.15) is 6.04 Å². The number of nitrogens with zero attached hydrogens (tertiary/aromatic N) is 3. The topological polar surface area (TPSA) is 79.5 Å². The molecular formula is C14H17N3O3S. The van der Waals surface area contributed by atoms with Crippen LogP contribution in [0.25, 0.3) is 10.8 Å². The molecule has 0 aliphatic carbocycles. The zero-order valence-corrected chi connectivity index (χ0v) is 12.4. The number of carboxylic acid groups (broad SMARTS) is 1. The standard InChI is InChI=1S/C14H17N3O3S/c18-14(19)10-5-2-1-3-7-17(10)9-12-15-13(20-16-12)11-6-4-8-21-11/h4,6,8,10H,1-3,5,7,9H2,(H,18,19). The van der Waals surface area contributed by atoms with Crippen LogP contribution in [0.1, 0.15) is 31.5 Å². The molecule has 2 aromatic heterocycles. The van der Waals surface area contributed by atoms with Gasteiger partial charge in [-0.1, -0.05) is 24.1 Å². The van der Waals surface area contributed by atoms with Crippen LogP contribution in [-0.2, 0) is 11.3 Å². The Morgan fingerprint density at radius 1 is 1.48 bits per heavy atom. The molecule has 1 fully saturated rings. The Labute approximate surface area is 126 Å². The fourth-order valence-corrected chi connectivity index (χ4v) is 3.28. The first-order chi connectivity index (χ1) is 10.2. The van der Waals surface area contributed by atoms with Crippen LogP contribution in [0, 0.1) is 0 Å². The summed E-state index contributed by atoms with van der Waals surface area (Å²) in [4.78, 5) is 18.6. The number of hydrogen-bond donors (Lipinski definition) is 1. The highest BCUT2D eigenvalue weighted by Crippen LogP contribution is 2.24. The molecule has 1 N–H and O–H groups in total. The molecule has 7 heteroatoms. The number of aromatic nitrogens is 2. The Hall–Kier alpha value is -1.73. The molecule has 0 amide bonds. The Morgan fingerprint density at radius 2 is 2.38 bits per heavy atom. The van der Waals surface area contributed by atoms with E-state index in [-0.39, 0.29) is 0 Å². The monoisotopic (exact) mass is 307 g/mol. The number of carboxylic acids is 1. The smallest absolute Gasteiger partial charge is 0.320 e. The van der Waals surface area contributed by atoms with Crippen molar-refractivity contribution in [3.8, 4) is 10.8 Å². The van der Waals surface area contributed by atoms with Crippen molar-refractivity contribution in [2.75, 3.05) is 6.54 Å². The van der Waals surface area contributed by atoms with E-state index < -0.39 is 12.0 Å². The van der Waals surface area contributed by atoms with Gasteiger partial charge in [0, 0.05) is 0 Å². The molecule has 1 aliphatic rings. The average Bonchev–Trinajstić information content (AvgIpc) is 3.07. The summed E-state index contributed by atoms with van der Waals surface area (Å²) >= 11 is 1.54. The van der Waals surface area contributed by atoms with Crippen LogP contribution in [0.3, 0.4) is 0 Å². The molecule has 1 aliphatic heterocycles. The van der Waals surface area contributed by atoms with E-state index in [4.69, 9.17) is 4.52 Å². The second-order valence-electron chi connectivity index (χ2n) is 5.17. The van der Waals surface area contributed by atoms with Gasteiger partial charge in [0.15, 0.2) is 5.82 Å². The summed E-state index contributed by atoms with van der Waals surface area (Å²) in [7, 11) is 0. The summed E-state index contributed by atoms with van der Waals surface area (Å²) in [5, 5.41) is 15.3. The minimum absolute atomic E-state index is 0.422. The molecule has 21 heavy (non-hydrogen) atoms. The molecule has 0 bridgehead atoms. The van der Waals surface area contributed by atoms with Crippen molar-refractivity contribution >= 4 is 17.3 Å². The lowest BCUT2D eigenvalue weighted by Gasteiger charge is -2.24. The third-order valence-corrected chi connectivity index (χ3v) is 4.55. The van der Waals surface area contributed by atoms with E-state index >= 15 is 0 Å². The summed E-state index contributed by atoms with van der Waals surface area (Å²) in [5.74, 6) is 0.284. The predicted molar refractivity (Wildman–Crippen MR) is 77.9 cm³/mol. The minimum Gasteiger partial charge on any atom is -0.480 e. The zero-order chi connectivity index (χ0) is 14.7. The molecule has 0 saturated carbocycles. The molecule has 0 radical (unpaired) electrons. The van der Waals surface area contributed by atoms with Gasteiger partial charge in [-0.25, -0.2) is 0 Å². The first-order valence-electron chi connectivity index (χ1n) is 7.07. The highest BCUT2D eigenvalue weighted by molar-refractivity contribution is 7.13. The van der Waals surface area contributed by atoms with Crippen LogP contribution >= 0.6 is 11.3 Å². The van der Waals surface area contributed by atoms with Gasteiger partial charge in [0.25, 0.3) is 5.89 Å². The van der Waals surface area contributed by atoms with E-state index in [2.05, 4.69) is 10.1 Å². The third kappa shape index (κ3) is 3.30. The lowest BCUT2D eigenvalue weighted by atomic mass is 10.1. The van der Waals surface area contributed by atoms with E-state index in [1.54, 1.807) is 11.3 Å². The molecule has 1 unspecified atom stereocenters. The summed E-state index contributed by atoms with van der Waals surface area (Å²) in [5.41, 5.74) is 0. The molecule has 6 nitrogen and oxygen atoms in total. The predicted octanol–water partition coefficient (Wildman–Crippen LogP) is 2.63. The van der Waals surface area contributed by atoms with Crippen molar-refractivity contribution in [3.63, 3.8) is 0 Å². The van der Waals surface area contributed by atoms with E-state index in [0.29, 0.717) is 24.7 Å². The lowest BCUT2D eigenvalue weighted by molar-refractivity contribution is -0.143. The van der Waals surface area contributed by atoms with Crippen LogP contribution < -0.4 is 0 Å². The Morgan fingerprint density at radius 3 is 3.14 bits per heavy atom. The molecule has 0 spiro atoms. The van der Waals surface area contributed by atoms with Gasteiger partial charge < -0.3 is 9.63 Å². The molecular weight excluding hydrogens is 290 g/mol. The molecule has 1 saturated heterocycles. The lowest BCUT2D eigenvalue weighted by Crippen LogP contribution is -2.40. The van der Waals surface area contributed by atoms with Crippen molar-refractivity contribution in [2.45, 2.75) is 38.3 Å². The zero-order valence-electron chi connectivity index (χ0n) is 11.6. The van der Waals surface area contributed by atoms with E-state index in [1.165, 1.54) is 0 Å². The Bertz CT molecular complexity index is 596. The van der Waals surface area contributed by atoms with Crippen molar-refractivity contribution in [1.29, 1.82) is 0 Å². The highest BCUT2D eigenvalue weighted by atomic mass is 32.1. The Kier molecular flexibility index (Phi) is 4.31. The maximum absolute atomic E-state index is 11.4. The molecule has 0 aromatic carbocycles. The van der Waals surface area contributed by atoms with Crippen LogP contribution in [0.2, 0.25) is 0 Å². The first kappa shape index (κ1) is 14.2. The van der Waals surface area contributed by atoms with Crippen LogP contribution in [0.15, 0.2) is 22.0 Å². The number of likely N-dealkylation sites (tertiary alicyclic amines) is 1. The number of hydrogen-bond acceptors (Lipinski definition) is 6. The van der Waals surface area contributed by atoms with Gasteiger partial charge in [0.2, 0.25) is 0 Å². The van der Waals surface area contributed by atoms with Gasteiger partial charge in [-0.15, -0.1) is 11.3 Å². The largest absolute Gasteiger partial charge is 0.480 e. The van der Waals surface area contributed by atoms with Crippen molar-refractivity contribution in [2.24, 2.45) is 0 Å². The number of carbonyl (C=O) groups is 1. The fourth-order valence-electron chi connectivity index (χ4n) is 2.64. The second kappa shape index (κ2) is 6.36.